The zero-order valence-corrected chi connectivity index (χ0v) is 19.8. The van der Waals surface area contributed by atoms with Gasteiger partial charge in [0.25, 0.3) is 5.56 Å². The fourth-order valence-electron chi connectivity index (χ4n) is 4.27. The fraction of sp³-hybridized carbons (Fsp3) is 0.111. The maximum absolute atomic E-state index is 13.8. The van der Waals surface area contributed by atoms with Gasteiger partial charge in [-0.1, -0.05) is 48.2 Å². The highest BCUT2D eigenvalue weighted by Crippen LogP contribution is 2.41. The van der Waals surface area contributed by atoms with Crippen LogP contribution >= 0.6 is 11.8 Å². The van der Waals surface area contributed by atoms with Gasteiger partial charge in [0.15, 0.2) is 22.8 Å². The molecule has 0 aliphatic carbocycles. The van der Waals surface area contributed by atoms with Crippen LogP contribution in [0, 0.1) is 0 Å². The topological polar surface area (TPSA) is 100 Å². The second kappa shape index (κ2) is 8.69. The molecule has 9 heteroatoms. The van der Waals surface area contributed by atoms with E-state index in [0.717, 1.165) is 17.3 Å². The number of methoxy groups -OCH3 is 1. The second-order valence-electron chi connectivity index (χ2n) is 8.15. The van der Waals surface area contributed by atoms with E-state index in [1.54, 1.807) is 36.4 Å². The quantitative estimate of drug-likeness (QED) is 0.345. The minimum absolute atomic E-state index is 0.00453. The predicted molar refractivity (Wildman–Crippen MR) is 135 cm³/mol. The Morgan fingerprint density at radius 1 is 1.00 bits per heavy atom. The van der Waals surface area contributed by atoms with Gasteiger partial charge in [-0.05, 0) is 29.8 Å². The Bertz CT molecular complexity index is 1760. The van der Waals surface area contributed by atoms with E-state index in [2.05, 4.69) is 0 Å². The molecule has 1 aliphatic rings. The van der Waals surface area contributed by atoms with Gasteiger partial charge in [-0.15, -0.1) is 0 Å². The Labute approximate surface area is 208 Å². The van der Waals surface area contributed by atoms with E-state index in [4.69, 9.17) is 18.6 Å². The van der Waals surface area contributed by atoms with Crippen molar-refractivity contribution in [3.05, 3.63) is 93.1 Å². The Hall–Kier alpha value is -4.37. The van der Waals surface area contributed by atoms with Crippen LogP contribution in [0.15, 0.2) is 90.5 Å². The molecule has 0 unspecified atom stereocenters. The molecule has 0 atom stereocenters. The standard InChI is InChI=1S/C27H19NO7S/c1-32-16-8-5-9-17(10-16)36-25-23(29)22-24(35-27(25)31)18-11-20-21(34-14-33-20)12-19(18)28(26(22)30)13-15-6-3-2-4-7-15/h2-12,29H,13-14H2,1H3. The van der Waals surface area contributed by atoms with E-state index < -0.39 is 16.9 Å². The fourth-order valence-corrected chi connectivity index (χ4v) is 5.15. The first-order valence-corrected chi connectivity index (χ1v) is 11.9. The zero-order chi connectivity index (χ0) is 24.8. The first-order valence-electron chi connectivity index (χ1n) is 11.1. The summed E-state index contributed by atoms with van der Waals surface area (Å²) in [6.07, 6.45) is 0. The van der Waals surface area contributed by atoms with Crippen molar-refractivity contribution in [2.75, 3.05) is 13.9 Å². The number of hydrogen-bond acceptors (Lipinski definition) is 8. The monoisotopic (exact) mass is 501 g/mol. The Morgan fingerprint density at radius 3 is 2.56 bits per heavy atom. The van der Waals surface area contributed by atoms with Crippen LogP contribution in [0.1, 0.15) is 5.56 Å². The van der Waals surface area contributed by atoms with E-state index >= 15 is 0 Å². The molecule has 0 radical (unpaired) electrons. The summed E-state index contributed by atoms with van der Waals surface area (Å²) in [7, 11) is 1.54. The molecule has 0 spiro atoms. The summed E-state index contributed by atoms with van der Waals surface area (Å²) in [5.41, 5.74) is 0.133. The normalized spacial score (nSPS) is 12.4. The van der Waals surface area contributed by atoms with Crippen molar-refractivity contribution in [3.63, 3.8) is 0 Å². The van der Waals surface area contributed by atoms with Crippen LogP contribution in [0.2, 0.25) is 0 Å². The highest BCUT2D eigenvalue weighted by Gasteiger charge is 2.25. The summed E-state index contributed by atoms with van der Waals surface area (Å²) in [4.78, 5) is 27.4. The molecule has 0 bridgehead atoms. The summed E-state index contributed by atoms with van der Waals surface area (Å²) in [6, 6.07) is 19.9. The molecule has 0 saturated carbocycles. The third-order valence-corrected chi connectivity index (χ3v) is 7.04. The summed E-state index contributed by atoms with van der Waals surface area (Å²) in [6.45, 7) is 0.283. The van der Waals surface area contributed by atoms with Crippen LogP contribution in [0.3, 0.4) is 0 Å². The molecule has 0 amide bonds. The number of rotatable bonds is 5. The molecule has 0 saturated heterocycles. The van der Waals surface area contributed by atoms with Gasteiger partial charge < -0.3 is 28.3 Å². The first kappa shape index (κ1) is 22.1. The van der Waals surface area contributed by atoms with Crippen LogP contribution in [-0.2, 0) is 6.54 Å². The lowest BCUT2D eigenvalue weighted by Crippen LogP contribution is -2.22. The van der Waals surface area contributed by atoms with Crippen molar-refractivity contribution in [3.8, 4) is 23.0 Å². The maximum atomic E-state index is 13.8. The van der Waals surface area contributed by atoms with Gasteiger partial charge in [0, 0.05) is 16.3 Å². The Kier molecular flexibility index (Phi) is 5.34. The average molecular weight is 502 g/mol. The minimum atomic E-state index is -0.757. The number of pyridine rings is 1. The molecule has 8 nitrogen and oxygen atoms in total. The molecule has 180 valence electrons. The van der Waals surface area contributed by atoms with Crippen molar-refractivity contribution in [2.45, 2.75) is 16.3 Å². The SMILES string of the molecule is COc1cccc(Sc2c(O)c3c(=O)n(Cc4ccccc4)c4cc5c(cc4c3oc2=O)OCO5)c1. The molecule has 6 rings (SSSR count). The van der Waals surface area contributed by atoms with E-state index in [9.17, 15) is 14.7 Å². The smallest absolute Gasteiger partial charge is 0.354 e. The van der Waals surface area contributed by atoms with Crippen LogP contribution in [0.4, 0.5) is 0 Å². The van der Waals surface area contributed by atoms with Gasteiger partial charge in [0.05, 0.1) is 19.2 Å². The predicted octanol–water partition coefficient (Wildman–Crippen LogP) is 4.75. The van der Waals surface area contributed by atoms with E-state index in [1.165, 1.54) is 11.7 Å². The number of aromatic nitrogens is 1. The van der Waals surface area contributed by atoms with Gasteiger partial charge in [-0.2, -0.15) is 0 Å². The van der Waals surface area contributed by atoms with E-state index in [1.807, 2.05) is 30.3 Å². The summed E-state index contributed by atoms with van der Waals surface area (Å²) >= 11 is 1.00. The van der Waals surface area contributed by atoms with E-state index in [0.29, 0.717) is 33.0 Å². The van der Waals surface area contributed by atoms with Gasteiger partial charge in [-0.3, -0.25) is 4.79 Å². The minimum Gasteiger partial charge on any atom is -0.505 e. The number of nitrogens with zero attached hydrogens (tertiary/aromatic N) is 1. The first-order chi connectivity index (χ1) is 17.5. The lowest BCUT2D eigenvalue weighted by molar-refractivity contribution is 0.174. The molecule has 2 aromatic heterocycles. The number of aromatic hydroxyl groups is 1. The summed E-state index contributed by atoms with van der Waals surface area (Å²) in [5, 5.41) is 11.6. The number of ether oxygens (including phenoxy) is 3. The van der Waals surface area contributed by atoms with Gasteiger partial charge in [0.2, 0.25) is 6.79 Å². The molecule has 3 aromatic carbocycles. The lowest BCUT2D eigenvalue weighted by Gasteiger charge is -2.15. The van der Waals surface area contributed by atoms with E-state index in [-0.39, 0.29) is 29.2 Å². The highest BCUT2D eigenvalue weighted by molar-refractivity contribution is 7.99. The van der Waals surface area contributed by atoms with Crippen molar-refractivity contribution >= 4 is 33.6 Å². The molecule has 0 fully saturated rings. The van der Waals surface area contributed by atoms with Gasteiger partial charge >= 0.3 is 5.63 Å². The van der Waals surface area contributed by atoms with Crippen molar-refractivity contribution in [2.24, 2.45) is 0 Å². The zero-order valence-electron chi connectivity index (χ0n) is 19.0. The van der Waals surface area contributed by atoms with Crippen LogP contribution in [0.5, 0.6) is 23.0 Å². The lowest BCUT2D eigenvalue weighted by atomic mass is 10.1. The molecule has 1 N–H and O–H groups in total. The number of hydrogen-bond donors (Lipinski definition) is 1. The molecule has 1 aliphatic heterocycles. The second-order valence-corrected chi connectivity index (χ2v) is 9.24. The largest absolute Gasteiger partial charge is 0.505 e. The Morgan fingerprint density at radius 2 is 1.78 bits per heavy atom. The molecule has 5 aromatic rings. The van der Waals surface area contributed by atoms with Crippen molar-refractivity contribution in [1.82, 2.24) is 4.57 Å². The summed E-state index contributed by atoms with van der Waals surface area (Å²) in [5.74, 6) is 1.11. The molecular weight excluding hydrogens is 482 g/mol. The van der Waals surface area contributed by atoms with Crippen molar-refractivity contribution < 1.29 is 23.7 Å². The highest BCUT2D eigenvalue weighted by atomic mass is 32.2. The third-order valence-electron chi connectivity index (χ3n) is 5.99. The third kappa shape index (κ3) is 3.64. The van der Waals surface area contributed by atoms with Gasteiger partial charge in [0.1, 0.15) is 16.0 Å². The van der Waals surface area contributed by atoms with Gasteiger partial charge in [-0.25, -0.2) is 4.79 Å². The number of fused-ring (bicyclic) bond motifs is 4. The maximum Gasteiger partial charge on any atom is 0.354 e. The Balaban J connectivity index is 1.63. The van der Waals surface area contributed by atoms with Crippen LogP contribution in [0.25, 0.3) is 21.9 Å². The summed E-state index contributed by atoms with van der Waals surface area (Å²) < 4.78 is 23.5. The molecule has 3 heterocycles. The number of benzene rings is 3. The molecule has 36 heavy (non-hydrogen) atoms. The average Bonchev–Trinajstić information content (AvgIpc) is 3.36. The van der Waals surface area contributed by atoms with Crippen LogP contribution < -0.4 is 25.4 Å². The molecular formula is C27H19NO7S. The van der Waals surface area contributed by atoms with Crippen LogP contribution in [-0.4, -0.2) is 23.6 Å². The van der Waals surface area contributed by atoms with Crippen molar-refractivity contribution in [1.29, 1.82) is 0 Å².